The molecule has 2 rings (SSSR count). The lowest BCUT2D eigenvalue weighted by molar-refractivity contribution is -0.159. The van der Waals surface area contributed by atoms with Gasteiger partial charge in [0.15, 0.2) is 0 Å². The van der Waals surface area contributed by atoms with Crippen LogP contribution in [0.4, 0.5) is 0 Å². The van der Waals surface area contributed by atoms with Gasteiger partial charge in [-0.05, 0) is 63.5 Å². The van der Waals surface area contributed by atoms with E-state index in [0.717, 1.165) is 12.8 Å². The molecule has 0 radical (unpaired) electrons. The van der Waals surface area contributed by atoms with Crippen LogP contribution in [0.5, 0.6) is 0 Å². The topological polar surface area (TPSA) is 63.5 Å². The van der Waals surface area contributed by atoms with Crippen LogP contribution in [0.2, 0.25) is 0 Å². The van der Waals surface area contributed by atoms with E-state index in [-0.39, 0.29) is 11.4 Å². The normalized spacial score (nSPS) is 14.8. The first kappa shape index (κ1) is 23.4. The van der Waals surface area contributed by atoms with Crippen molar-refractivity contribution in [3.8, 4) is 0 Å². The van der Waals surface area contributed by atoms with Crippen molar-refractivity contribution in [2.75, 3.05) is 0 Å². The molecular formula is C24H38N2O3. The molecule has 0 aliphatic carbocycles. The van der Waals surface area contributed by atoms with Gasteiger partial charge in [0.25, 0.3) is 0 Å². The Balaban J connectivity index is 2.01. The number of nitrogens with one attached hydrogen (secondary N) is 1. The Kier molecular flexibility index (Phi) is 7.52. The second kappa shape index (κ2) is 9.31. The van der Waals surface area contributed by atoms with Crippen LogP contribution in [-0.2, 0) is 23.0 Å². The summed E-state index contributed by atoms with van der Waals surface area (Å²) in [5.74, 6) is -0.300. The minimum Gasteiger partial charge on any atom is -0.459 e. The number of hydrogen-bond donors (Lipinski definition) is 2. The van der Waals surface area contributed by atoms with Crippen LogP contribution >= 0.6 is 0 Å². The van der Waals surface area contributed by atoms with Gasteiger partial charge in [0.05, 0.1) is 0 Å². The van der Waals surface area contributed by atoms with E-state index in [0.29, 0.717) is 12.8 Å². The number of aromatic nitrogens is 1. The Morgan fingerprint density at radius 1 is 1.14 bits per heavy atom. The fraction of sp³-hybridized carbons (Fsp3) is 0.625. The molecule has 0 aliphatic heterocycles. The molecule has 5 nitrogen and oxygen atoms in total. The smallest absolute Gasteiger partial charge is 0.323 e. The fourth-order valence-corrected chi connectivity index (χ4v) is 3.45. The summed E-state index contributed by atoms with van der Waals surface area (Å²) in [7, 11) is 2.03. The standard InChI is InChI=1S/C24H38N2O3/c1-23(2,3)15-14-19(22(28)29-24(4,5)6)25-21(27)13-12-17-16-26(7)20-11-9-8-10-18(17)20/h8-11,16,19,21,25,27H,12-15H2,1-7H3. The lowest BCUT2D eigenvalue weighted by atomic mass is 9.88. The molecule has 0 amide bonds. The number of ether oxygens (including phenoxy) is 1. The summed E-state index contributed by atoms with van der Waals surface area (Å²) in [5, 5.41) is 14.9. The molecule has 2 unspecified atom stereocenters. The number of fused-ring (bicyclic) bond motifs is 1. The van der Waals surface area contributed by atoms with E-state index in [1.54, 1.807) is 0 Å². The van der Waals surface area contributed by atoms with E-state index >= 15 is 0 Å². The van der Waals surface area contributed by atoms with Crippen molar-refractivity contribution in [3.63, 3.8) is 0 Å². The third kappa shape index (κ3) is 7.48. The molecule has 0 bridgehead atoms. The number of aryl methyl sites for hydroxylation is 2. The Hall–Kier alpha value is -1.85. The highest BCUT2D eigenvalue weighted by atomic mass is 16.6. The second-order valence-electron chi connectivity index (χ2n) is 10.2. The number of aliphatic hydroxyl groups excluding tert-OH is 1. The molecule has 0 fully saturated rings. The van der Waals surface area contributed by atoms with E-state index in [2.05, 4.69) is 49.0 Å². The maximum atomic E-state index is 12.7. The van der Waals surface area contributed by atoms with E-state index in [1.165, 1.54) is 16.5 Å². The molecule has 1 aromatic heterocycles. The van der Waals surface area contributed by atoms with Crippen molar-refractivity contribution in [2.24, 2.45) is 12.5 Å². The fourth-order valence-electron chi connectivity index (χ4n) is 3.45. The van der Waals surface area contributed by atoms with Crippen molar-refractivity contribution >= 4 is 16.9 Å². The molecule has 0 saturated carbocycles. The van der Waals surface area contributed by atoms with Crippen LogP contribution in [0.25, 0.3) is 10.9 Å². The number of rotatable bonds is 8. The Morgan fingerprint density at radius 3 is 2.41 bits per heavy atom. The van der Waals surface area contributed by atoms with Crippen LogP contribution < -0.4 is 5.32 Å². The molecule has 2 atom stereocenters. The van der Waals surface area contributed by atoms with E-state index in [9.17, 15) is 9.90 Å². The summed E-state index contributed by atoms with van der Waals surface area (Å²) in [6.07, 6.45) is 4.09. The molecule has 0 spiro atoms. The maximum Gasteiger partial charge on any atom is 0.323 e. The van der Waals surface area contributed by atoms with Gasteiger partial charge in [-0.3, -0.25) is 10.1 Å². The van der Waals surface area contributed by atoms with Crippen LogP contribution in [0, 0.1) is 5.41 Å². The third-order valence-electron chi connectivity index (χ3n) is 4.93. The van der Waals surface area contributed by atoms with Crippen LogP contribution in [0.15, 0.2) is 30.5 Å². The van der Waals surface area contributed by atoms with Crippen molar-refractivity contribution in [1.82, 2.24) is 9.88 Å². The zero-order chi connectivity index (χ0) is 21.8. The number of aliphatic hydroxyl groups is 1. The van der Waals surface area contributed by atoms with Crippen LogP contribution in [-0.4, -0.2) is 33.5 Å². The van der Waals surface area contributed by atoms with E-state index in [1.807, 2.05) is 40.0 Å². The average molecular weight is 403 g/mol. The zero-order valence-corrected chi connectivity index (χ0v) is 19.1. The lowest BCUT2D eigenvalue weighted by Gasteiger charge is -2.28. The van der Waals surface area contributed by atoms with Crippen molar-refractivity contribution in [3.05, 3.63) is 36.0 Å². The number of carbonyl (C=O) groups excluding carboxylic acids is 1. The second-order valence-corrected chi connectivity index (χ2v) is 10.2. The number of para-hydroxylation sites is 1. The summed E-state index contributed by atoms with van der Waals surface area (Å²) in [6, 6.07) is 7.75. The highest BCUT2D eigenvalue weighted by Gasteiger charge is 2.28. The lowest BCUT2D eigenvalue weighted by Crippen LogP contribution is -2.46. The monoisotopic (exact) mass is 402 g/mol. The van der Waals surface area contributed by atoms with E-state index in [4.69, 9.17) is 4.74 Å². The van der Waals surface area contributed by atoms with Crippen LogP contribution in [0.3, 0.4) is 0 Å². The first-order valence-corrected chi connectivity index (χ1v) is 10.6. The quantitative estimate of drug-likeness (QED) is 0.502. The van der Waals surface area contributed by atoms with E-state index < -0.39 is 17.9 Å². The number of nitrogens with zero attached hydrogens (tertiary/aromatic N) is 1. The van der Waals surface area contributed by atoms with Gasteiger partial charge in [-0.25, -0.2) is 0 Å². The van der Waals surface area contributed by atoms with Gasteiger partial charge < -0.3 is 14.4 Å². The summed E-state index contributed by atoms with van der Waals surface area (Å²) < 4.78 is 7.68. The Morgan fingerprint density at radius 2 is 1.79 bits per heavy atom. The molecule has 0 aliphatic rings. The average Bonchev–Trinajstić information content (AvgIpc) is 2.91. The van der Waals surface area contributed by atoms with Crippen molar-refractivity contribution in [2.45, 2.75) is 85.1 Å². The largest absolute Gasteiger partial charge is 0.459 e. The number of benzene rings is 1. The molecule has 2 aromatic rings. The summed E-state index contributed by atoms with van der Waals surface area (Å²) >= 11 is 0. The molecular weight excluding hydrogens is 364 g/mol. The van der Waals surface area contributed by atoms with Gasteiger partial charge in [-0.1, -0.05) is 39.0 Å². The highest BCUT2D eigenvalue weighted by molar-refractivity contribution is 5.83. The molecule has 162 valence electrons. The minimum absolute atomic E-state index is 0.107. The van der Waals surface area contributed by atoms with Gasteiger partial charge in [-0.2, -0.15) is 0 Å². The molecule has 29 heavy (non-hydrogen) atoms. The van der Waals surface area contributed by atoms with Gasteiger partial charge in [0, 0.05) is 24.1 Å². The number of carbonyl (C=O) groups is 1. The van der Waals surface area contributed by atoms with Crippen molar-refractivity contribution < 1.29 is 14.6 Å². The maximum absolute atomic E-state index is 12.7. The molecule has 1 heterocycles. The highest BCUT2D eigenvalue weighted by Crippen LogP contribution is 2.24. The summed E-state index contributed by atoms with van der Waals surface area (Å²) in [4.78, 5) is 12.7. The predicted molar refractivity (Wildman–Crippen MR) is 119 cm³/mol. The minimum atomic E-state index is -0.772. The Bertz CT molecular complexity index is 812. The molecule has 1 aromatic carbocycles. The van der Waals surface area contributed by atoms with Crippen molar-refractivity contribution in [1.29, 1.82) is 0 Å². The first-order valence-electron chi connectivity index (χ1n) is 10.6. The molecule has 5 heteroatoms. The Labute approximate surface area is 175 Å². The zero-order valence-electron chi connectivity index (χ0n) is 19.1. The molecule has 0 saturated heterocycles. The van der Waals surface area contributed by atoms with Gasteiger partial charge in [0.1, 0.15) is 17.9 Å². The first-order chi connectivity index (χ1) is 13.4. The number of esters is 1. The number of hydrogen-bond acceptors (Lipinski definition) is 4. The van der Waals surface area contributed by atoms with Gasteiger partial charge in [0.2, 0.25) is 0 Å². The summed E-state index contributed by atoms with van der Waals surface area (Å²) in [6.45, 7) is 12.0. The summed E-state index contributed by atoms with van der Waals surface area (Å²) in [5.41, 5.74) is 1.94. The van der Waals surface area contributed by atoms with Gasteiger partial charge in [-0.15, -0.1) is 0 Å². The van der Waals surface area contributed by atoms with Crippen LogP contribution in [0.1, 0.15) is 66.4 Å². The SMILES string of the molecule is Cn1cc(CCC(O)NC(CCC(C)(C)C)C(=O)OC(C)(C)C)c2ccccc21. The molecule has 2 N–H and O–H groups in total. The predicted octanol–water partition coefficient (Wildman–Crippen LogP) is 4.56. The third-order valence-corrected chi connectivity index (χ3v) is 4.93. The van der Waals surface area contributed by atoms with Gasteiger partial charge >= 0.3 is 5.97 Å².